The number of hydrogen-bond donors (Lipinski definition) is 2. The average molecular weight is 417 g/mol. The normalized spacial score (nSPS) is 11.5. The van der Waals surface area contributed by atoms with Gasteiger partial charge in [0.2, 0.25) is 15.9 Å². The lowest BCUT2D eigenvalue weighted by atomic mass is 10.2. The predicted octanol–water partition coefficient (Wildman–Crippen LogP) is 2.61. The van der Waals surface area contributed by atoms with Gasteiger partial charge in [-0.05, 0) is 30.7 Å². The molecule has 29 heavy (non-hydrogen) atoms. The van der Waals surface area contributed by atoms with E-state index < -0.39 is 10.0 Å². The lowest BCUT2D eigenvalue weighted by Gasteiger charge is -2.12. The Morgan fingerprint density at radius 3 is 2.07 bits per heavy atom. The Balaban J connectivity index is 1.78. The lowest BCUT2D eigenvalue weighted by Crippen LogP contribution is -2.26. The second-order valence-electron chi connectivity index (χ2n) is 6.79. The molecule has 0 unspecified atom stereocenters. The van der Waals surface area contributed by atoms with Gasteiger partial charge in [-0.1, -0.05) is 31.2 Å². The SMILES string of the molecule is CCCn1c(=O)n(CCC(=O)Nc2ccccc2NS(C)(=O)=O)c2ccccc21. The van der Waals surface area contributed by atoms with E-state index in [1.807, 2.05) is 31.2 Å². The van der Waals surface area contributed by atoms with E-state index in [0.717, 1.165) is 23.7 Å². The van der Waals surface area contributed by atoms with Crippen molar-refractivity contribution in [1.29, 1.82) is 0 Å². The maximum Gasteiger partial charge on any atom is 0.329 e. The molecule has 0 fully saturated rings. The van der Waals surface area contributed by atoms with Gasteiger partial charge in [0.1, 0.15) is 0 Å². The van der Waals surface area contributed by atoms with Crippen LogP contribution in [0.25, 0.3) is 11.0 Å². The minimum Gasteiger partial charge on any atom is -0.324 e. The summed E-state index contributed by atoms with van der Waals surface area (Å²) in [6.45, 7) is 2.85. The minimum absolute atomic E-state index is 0.0766. The molecule has 154 valence electrons. The second-order valence-corrected chi connectivity index (χ2v) is 8.54. The number of sulfonamides is 1. The van der Waals surface area contributed by atoms with Crippen LogP contribution in [0.3, 0.4) is 0 Å². The number of amides is 1. The van der Waals surface area contributed by atoms with Crippen molar-refractivity contribution in [2.75, 3.05) is 16.3 Å². The molecule has 9 heteroatoms. The van der Waals surface area contributed by atoms with Crippen LogP contribution in [0.1, 0.15) is 19.8 Å². The summed E-state index contributed by atoms with van der Waals surface area (Å²) >= 11 is 0. The number of fused-ring (bicyclic) bond motifs is 1. The summed E-state index contributed by atoms with van der Waals surface area (Å²) in [5.41, 5.74) is 2.16. The molecule has 0 atom stereocenters. The quantitative estimate of drug-likeness (QED) is 0.589. The molecular weight excluding hydrogens is 392 g/mol. The topological polar surface area (TPSA) is 102 Å². The number of nitrogens with zero attached hydrogens (tertiary/aromatic N) is 2. The Labute approximate surface area is 169 Å². The van der Waals surface area contributed by atoms with Crippen LogP contribution in [0.15, 0.2) is 53.3 Å². The number of anilines is 2. The standard InChI is InChI=1S/C20H24N4O4S/c1-3-13-23-17-10-6-7-11-18(17)24(20(23)26)14-12-19(25)21-15-8-4-5-9-16(15)22-29(2,27)28/h4-11,22H,3,12-14H2,1-2H3,(H,21,25). The average Bonchev–Trinajstić information content (AvgIpc) is 2.92. The molecule has 1 aromatic heterocycles. The first kappa shape index (κ1) is 20.7. The third-order valence-corrected chi connectivity index (χ3v) is 5.02. The van der Waals surface area contributed by atoms with Crippen LogP contribution in [0.5, 0.6) is 0 Å². The van der Waals surface area contributed by atoms with Gasteiger partial charge < -0.3 is 5.32 Å². The molecule has 3 aromatic rings. The molecule has 0 saturated heterocycles. The highest BCUT2D eigenvalue weighted by Gasteiger charge is 2.14. The van der Waals surface area contributed by atoms with E-state index >= 15 is 0 Å². The fourth-order valence-corrected chi connectivity index (χ4v) is 3.81. The molecule has 1 amide bonds. The smallest absolute Gasteiger partial charge is 0.324 e. The maximum atomic E-state index is 12.8. The Kier molecular flexibility index (Phi) is 6.07. The minimum atomic E-state index is -3.47. The van der Waals surface area contributed by atoms with Gasteiger partial charge in [-0.2, -0.15) is 0 Å². The summed E-state index contributed by atoms with van der Waals surface area (Å²) in [5, 5.41) is 2.71. The summed E-state index contributed by atoms with van der Waals surface area (Å²) in [5.74, 6) is -0.313. The third-order valence-electron chi connectivity index (χ3n) is 4.43. The zero-order valence-corrected chi connectivity index (χ0v) is 17.2. The zero-order valence-electron chi connectivity index (χ0n) is 16.4. The first-order valence-corrected chi connectivity index (χ1v) is 11.2. The number of aromatic nitrogens is 2. The molecule has 0 radical (unpaired) electrons. The van der Waals surface area contributed by atoms with E-state index in [0.29, 0.717) is 17.9 Å². The van der Waals surface area contributed by atoms with Crippen molar-refractivity contribution in [2.45, 2.75) is 32.9 Å². The molecule has 0 bridgehead atoms. The summed E-state index contributed by atoms with van der Waals surface area (Å²) in [6, 6.07) is 14.1. The van der Waals surface area contributed by atoms with Crippen molar-refractivity contribution in [3.63, 3.8) is 0 Å². The molecule has 0 spiro atoms. The fourth-order valence-electron chi connectivity index (χ4n) is 3.24. The van der Waals surface area contributed by atoms with Gasteiger partial charge in [-0.15, -0.1) is 0 Å². The molecule has 0 aliphatic carbocycles. The molecule has 3 rings (SSSR count). The Bertz CT molecular complexity index is 1190. The molecule has 0 aliphatic rings. The monoisotopic (exact) mass is 416 g/mol. The van der Waals surface area contributed by atoms with Crippen molar-refractivity contribution in [3.05, 3.63) is 59.0 Å². The van der Waals surface area contributed by atoms with E-state index in [4.69, 9.17) is 0 Å². The molecule has 0 saturated carbocycles. The van der Waals surface area contributed by atoms with Gasteiger partial charge in [0.25, 0.3) is 0 Å². The van der Waals surface area contributed by atoms with Gasteiger partial charge in [-0.3, -0.25) is 18.7 Å². The number of carbonyl (C=O) groups is 1. The molecule has 0 aliphatic heterocycles. The third kappa shape index (κ3) is 4.86. The highest BCUT2D eigenvalue weighted by Crippen LogP contribution is 2.22. The number of imidazole rings is 1. The van der Waals surface area contributed by atoms with Crippen molar-refractivity contribution >= 4 is 38.3 Å². The number of benzene rings is 2. The Hall–Kier alpha value is -3.07. The van der Waals surface area contributed by atoms with Crippen LogP contribution in [0, 0.1) is 0 Å². The second kappa shape index (κ2) is 8.52. The zero-order chi connectivity index (χ0) is 21.0. The van der Waals surface area contributed by atoms with Crippen LogP contribution in [-0.2, 0) is 27.9 Å². The number of rotatable bonds is 8. The van der Waals surface area contributed by atoms with Gasteiger partial charge in [0.05, 0.1) is 28.7 Å². The highest BCUT2D eigenvalue weighted by atomic mass is 32.2. The first-order chi connectivity index (χ1) is 13.8. The largest absolute Gasteiger partial charge is 0.329 e. The fraction of sp³-hybridized carbons (Fsp3) is 0.300. The molecule has 2 aromatic carbocycles. The highest BCUT2D eigenvalue weighted by molar-refractivity contribution is 7.92. The van der Waals surface area contributed by atoms with Crippen molar-refractivity contribution < 1.29 is 13.2 Å². The van der Waals surface area contributed by atoms with Crippen molar-refractivity contribution in [2.24, 2.45) is 0 Å². The van der Waals surface area contributed by atoms with Gasteiger partial charge in [-0.25, -0.2) is 13.2 Å². The van der Waals surface area contributed by atoms with Gasteiger partial charge >= 0.3 is 5.69 Å². The van der Waals surface area contributed by atoms with Crippen LogP contribution in [-0.4, -0.2) is 29.7 Å². The maximum absolute atomic E-state index is 12.8. The molecule has 8 nitrogen and oxygen atoms in total. The molecule has 2 N–H and O–H groups in total. The van der Waals surface area contributed by atoms with Crippen molar-refractivity contribution in [3.8, 4) is 0 Å². The van der Waals surface area contributed by atoms with Crippen molar-refractivity contribution in [1.82, 2.24) is 9.13 Å². The van der Waals surface area contributed by atoms with E-state index in [9.17, 15) is 18.0 Å². The summed E-state index contributed by atoms with van der Waals surface area (Å²) in [6.07, 6.45) is 1.95. The van der Waals surface area contributed by atoms with Gasteiger partial charge in [0.15, 0.2) is 0 Å². The van der Waals surface area contributed by atoms with E-state index in [-0.39, 0.29) is 24.6 Å². The Morgan fingerprint density at radius 2 is 1.48 bits per heavy atom. The van der Waals surface area contributed by atoms with Crippen LogP contribution in [0.2, 0.25) is 0 Å². The van der Waals surface area contributed by atoms with Crippen LogP contribution in [0.4, 0.5) is 11.4 Å². The number of para-hydroxylation sites is 4. The van der Waals surface area contributed by atoms with E-state index in [1.165, 1.54) is 0 Å². The van der Waals surface area contributed by atoms with Crippen LogP contribution >= 0.6 is 0 Å². The molecular formula is C20H24N4O4S. The van der Waals surface area contributed by atoms with E-state index in [1.54, 1.807) is 33.4 Å². The number of hydrogen-bond acceptors (Lipinski definition) is 4. The van der Waals surface area contributed by atoms with Crippen LogP contribution < -0.4 is 15.7 Å². The molecule has 1 heterocycles. The summed E-state index contributed by atoms with van der Waals surface area (Å²) < 4.78 is 28.7. The Morgan fingerprint density at radius 1 is 0.931 bits per heavy atom. The number of nitrogens with one attached hydrogen (secondary N) is 2. The first-order valence-electron chi connectivity index (χ1n) is 9.35. The predicted molar refractivity (Wildman–Crippen MR) is 115 cm³/mol. The summed E-state index contributed by atoms with van der Waals surface area (Å²) in [4.78, 5) is 25.3. The number of carbonyl (C=O) groups excluding carboxylic acids is 1. The van der Waals surface area contributed by atoms with Gasteiger partial charge in [0, 0.05) is 19.5 Å². The number of aryl methyl sites for hydroxylation is 2. The lowest BCUT2D eigenvalue weighted by molar-refractivity contribution is -0.116. The van der Waals surface area contributed by atoms with E-state index in [2.05, 4.69) is 10.0 Å². The summed E-state index contributed by atoms with van der Waals surface area (Å²) in [7, 11) is -3.47.